The number of fused-ring (bicyclic) bond motifs is 1. The van der Waals surface area contributed by atoms with E-state index in [0.717, 1.165) is 0 Å². The second kappa shape index (κ2) is 7.98. The van der Waals surface area contributed by atoms with E-state index in [0.29, 0.717) is 35.9 Å². The molecule has 1 amide bonds. The molecule has 31 heavy (non-hydrogen) atoms. The summed E-state index contributed by atoms with van der Waals surface area (Å²) in [6.07, 6.45) is 1.57. The summed E-state index contributed by atoms with van der Waals surface area (Å²) in [5, 5.41) is 12.3. The molecule has 0 bridgehead atoms. The van der Waals surface area contributed by atoms with Crippen LogP contribution in [0.4, 0.5) is 18.9 Å². The van der Waals surface area contributed by atoms with E-state index in [1.165, 1.54) is 22.6 Å². The van der Waals surface area contributed by atoms with Gasteiger partial charge in [-0.25, -0.2) is 21.6 Å². The van der Waals surface area contributed by atoms with Gasteiger partial charge in [-0.3, -0.25) is 4.79 Å². The van der Waals surface area contributed by atoms with Crippen molar-refractivity contribution in [3.05, 3.63) is 59.5 Å². The fourth-order valence-corrected chi connectivity index (χ4v) is 5.06. The Morgan fingerprint density at radius 1 is 1.10 bits per heavy atom. The third kappa shape index (κ3) is 4.03. The van der Waals surface area contributed by atoms with Gasteiger partial charge in [0.25, 0.3) is 5.91 Å². The number of rotatable bonds is 4. The third-order valence-corrected chi connectivity index (χ3v) is 7.06. The van der Waals surface area contributed by atoms with Crippen molar-refractivity contribution >= 4 is 32.5 Å². The average Bonchev–Trinajstić information content (AvgIpc) is 3.20. The van der Waals surface area contributed by atoms with E-state index in [-0.39, 0.29) is 29.2 Å². The van der Waals surface area contributed by atoms with E-state index < -0.39 is 39.5 Å². The minimum absolute atomic E-state index is 0.0664. The molecule has 11 heteroatoms. The number of halogens is 3. The summed E-state index contributed by atoms with van der Waals surface area (Å²) in [5.41, 5.74) is -0.0591. The van der Waals surface area contributed by atoms with Crippen LogP contribution in [0.5, 0.6) is 0 Å². The van der Waals surface area contributed by atoms with Gasteiger partial charge in [0.1, 0.15) is 0 Å². The molecule has 0 atom stereocenters. The number of sulfonamides is 1. The number of aromatic amines is 1. The quantitative estimate of drug-likeness (QED) is 0.529. The maximum atomic E-state index is 13.5. The molecule has 1 aromatic heterocycles. The number of hydrogen-bond donors (Lipinski definition) is 3. The smallest absolute Gasteiger partial charge is 0.257 e. The van der Waals surface area contributed by atoms with Crippen LogP contribution in [0.15, 0.2) is 41.4 Å². The standard InChI is InChI=1S/C20H18F3N3O4S/c21-16-8-12(9-17(22)18(16)23)25-20(28)15-10-14(7-11-1-4-24-19(11)15)31(29,30)26-5-2-13(27)3-6-26/h1,4,7-10,13,24,27H,2-3,5-6H2,(H,25,28). The Labute approximate surface area is 175 Å². The lowest BCUT2D eigenvalue weighted by Gasteiger charge is -2.28. The molecule has 7 nitrogen and oxygen atoms in total. The second-order valence-electron chi connectivity index (χ2n) is 7.26. The normalized spacial score (nSPS) is 16.0. The van der Waals surface area contributed by atoms with Gasteiger partial charge in [-0.15, -0.1) is 0 Å². The second-order valence-corrected chi connectivity index (χ2v) is 9.19. The number of anilines is 1. The molecule has 1 aliphatic rings. The van der Waals surface area contributed by atoms with E-state index in [1.54, 1.807) is 6.07 Å². The van der Waals surface area contributed by atoms with Crippen LogP contribution in [0.1, 0.15) is 23.2 Å². The fourth-order valence-electron chi connectivity index (χ4n) is 3.53. The van der Waals surface area contributed by atoms with Crippen LogP contribution >= 0.6 is 0 Å². The van der Waals surface area contributed by atoms with Crippen molar-refractivity contribution in [3.8, 4) is 0 Å². The van der Waals surface area contributed by atoms with Crippen molar-refractivity contribution in [2.24, 2.45) is 0 Å². The van der Waals surface area contributed by atoms with Crippen LogP contribution < -0.4 is 5.32 Å². The molecular formula is C20H18F3N3O4S. The number of aliphatic hydroxyl groups is 1. The Morgan fingerprint density at radius 2 is 1.74 bits per heavy atom. The molecule has 1 saturated heterocycles. The van der Waals surface area contributed by atoms with Crippen LogP contribution in [-0.4, -0.2) is 47.9 Å². The summed E-state index contributed by atoms with van der Waals surface area (Å²) < 4.78 is 67.5. The Balaban J connectivity index is 1.71. The zero-order chi connectivity index (χ0) is 22.3. The van der Waals surface area contributed by atoms with Gasteiger partial charge in [0, 0.05) is 42.5 Å². The Hall–Kier alpha value is -2.89. The number of aromatic nitrogens is 1. The largest absolute Gasteiger partial charge is 0.393 e. The minimum atomic E-state index is -3.94. The summed E-state index contributed by atoms with van der Waals surface area (Å²) >= 11 is 0. The summed E-state index contributed by atoms with van der Waals surface area (Å²) in [4.78, 5) is 15.5. The van der Waals surface area contributed by atoms with Crippen molar-refractivity contribution in [1.29, 1.82) is 0 Å². The lowest BCUT2D eigenvalue weighted by Crippen LogP contribution is -2.40. The highest BCUT2D eigenvalue weighted by molar-refractivity contribution is 7.89. The molecule has 2 heterocycles. The topological polar surface area (TPSA) is 102 Å². The number of carbonyl (C=O) groups is 1. The van der Waals surface area contributed by atoms with Gasteiger partial charge in [-0.1, -0.05) is 0 Å². The summed E-state index contributed by atoms with van der Waals surface area (Å²) in [7, 11) is -3.94. The van der Waals surface area contributed by atoms with Crippen LogP contribution in [0.2, 0.25) is 0 Å². The van der Waals surface area contributed by atoms with Crippen molar-refractivity contribution in [2.45, 2.75) is 23.8 Å². The highest BCUT2D eigenvalue weighted by Gasteiger charge is 2.30. The van der Waals surface area contributed by atoms with E-state index in [1.807, 2.05) is 0 Å². The molecule has 0 unspecified atom stereocenters. The van der Waals surface area contributed by atoms with Crippen molar-refractivity contribution in [3.63, 3.8) is 0 Å². The number of piperidine rings is 1. The molecule has 0 aliphatic carbocycles. The molecule has 1 aliphatic heterocycles. The Bertz CT molecular complexity index is 1240. The van der Waals surface area contributed by atoms with Crippen molar-refractivity contribution < 1.29 is 31.5 Å². The number of benzene rings is 2. The highest BCUT2D eigenvalue weighted by Crippen LogP contribution is 2.28. The zero-order valence-corrected chi connectivity index (χ0v) is 16.8. The maximum absolute atomic E-state index is 13.5. The number of H-pyrrole nitrogens is 1. The van der Waals surface area contributed by atoms with E-state index in [4.69, 9.17) is 0 Å². The molecule has 1 fully saturated rings. The molecular weight excluding hydrogens is 435 g/mol. The Morgan fingerprint density at radius 3 is 2.39 bits per heavy atom. The first-order valence-electron chi connectivity index (χ1n) is 9.42. The van der Waals surface area contributed by atoms with E-state index >= 15 is 0 Å². The van der Waals surface area contributed by atoms with E-state index in [9.17, 15) is 31.5 Å². The first-order chi connectivity index (χ1) is 14.7. The van der Waals surface area contributed by atoms with Gasteiger partial charge in [-0.2, -0.15) is 4.31 Å². The van der Waals surface area contributed by atoms with Crippen molar-refractivity contribution in [1.82, 2.24) is 9.29 Å². The molecule has 164 valence electrons. The fraction of sp³-hybridized carbons (Fsp3) is 0.250. The first kappa shape index (κ1) is 21.3. The number of nitrogens with one attached hydrogen (secondary N) is 2. The monoisotopic (exact) mass is 453 g/mol. The molecule has 0 saturated carbocycles. The summed E-state index contributed by atoms with van der Waals surface area (Å²) in [6.45, 7) is 0.286. The summed E-state index contributed by atoms with van der Waals surface area (Å²) in [5.74, 6) is -5.43. The van der Waals surface area contributed by atoms with E-state index in [2.05, 4.69) is 10.3 Å². The minimum Gasteiger partial charge on any atom is -0.393 e. The predicted octanol–water partition coefficient (Wildman–Crippen LogP) is 2.98. The van der Waals surface area contributed by atoms with Gasteiger partial charge in [0.05, 0.1) is 22.1 Å². The molecule has 4 rings (SSSR count). The van der Waals surface area contributed by atoms with Crippen LogP contribution in [-0.2, 0) is 10.0 Å². The first-order valence-corrected chi connectivity index (χ1v) is 10.9. The molecule has 3 aromatic rings. The lowest BCUT2D eigenvalue weighted by molar-refractivity contribution is 0.102. The number of nitrogens with zero attached hydrogens (tertiary/aromatic N) is 1. The third-order valence-electron chi connectivity index (χ3n) is 5.18. The zero-order valence-electron chi connectivity index (χ0n) is 16.0. The predicted molar refractivity (Wildman–Crippen MR) is 107 cm³/mol. The van der Waals surface area contributed by atoms with Crippen molar-refractivity contribution in [2.75, 3.05) is 18.4 Å². The van der Waals surface area contributed by atoms with Crippen LogP contribution in [0.3, 0.4) is 0 Å². The van der Waals surface area contributed by atoms with Gasteiger partial charge in [-0.05, 0) is 31.0 Å². The van der Waals surface area contributed by atoms with Gasteiger partial charge in [0.15, 0.2) is 17.5 Å². The van der Waals surface area contributed by atoms with Gasteiger partial charge < -0.3 is 15.4 Å². The molecule has 0 spiro atoms. The van der Waals surface area contributed by atoms with Gasteiger partial charge in [0.2, 0.25) is 10.0 Å². The molecule has 3 N–H and O–H groups in total. The maximum Gasteiger partial charge on any atom is 0.257 e. The van der Waals surface area contributed by atoms with Gasteiger partial charge >= 0.3 is 0 Å². The number of hydrogen-bond acceptors (Lipinski definition) is 4. The van der Waals surface area contributed by atoms with Crippen LogP contribution in [0.25, 0.3) is 10.9 Å². The molecule has 2 aromatic carbocycles. The van der Waals surface area contributed by atoms with Crippen LogP contribution in [0, 0.1) is 17.5 Å². The summed E-state index contributed by atoms with van der Waals surface area (Å²) in [6, 6.07) is 5.43. The SMILES string of the molecule is O=C(Nc1cc(F)c(F)c(F)c1)c1cc(S(=O)(=O)N2CCC(O)CC2)cc2cc[nH]c12. The number of amides is 1. The number of carbonyl (C=O) groups excluding carboxylic acids is 1. The lowest BCUT2D eigenvalue weighted by atomic mass is 10.1. The molecule has 0 radical (unpaired) electrons. The Kier molecular flexibility index (Phi) is 5.50. The average molecular weight is 453 g/mol. The highest BCUT2D eigenvalue weighted by atomic mass is 32.2. The number of aliphatic hydroxyl groups excluding tert-OH is 1.